The molecule has 1 aliphatic carbocycles. The topological polar surface area (TPSA) is 92.8 Å². The number of benzene rings is 1. The zero-order valence-electron chi connectivity index (χ0n) is 24.1. The molecule has 6 rings (SSSR count). The van der Waals surface area contributed by atoms with Crippen LogP contribution in [-0.2, 0) is 9.47 Å². The number of rotatable bonds is 8. The summed E-state index contributed by atoms with van der Waals surface area (Å²) in [6.45, 7) is 10.6. The maximum atomic E-state index is 12.2. The Labute approximate surface area is 240 Å². The summed E-state index contributed by atoms with van der Waals surface area (Å²) in [4.78, 5) is 28.7. The number of hydrogen-bond donors (Lipinski definition) is 1. The number of aromatic nitrogens is 3. The molecule has 0 atom stereocenters. The molecule has 0 radical (unpaired) electrons. The van der Waals surface area contributed by atoms with Gasteiger partial charge >= 0.3 is 6.09 Å². The third kappa shape index (κ3) is 6.63. The van der Waals surface area contributed by atoms with E-state index >= 15 is 0 Å². The van der Waals surface area contributed by atoms with Crippen molar-refractivity contribution in [2.75, 3.05) is 39.3 Å². The van der Waals surface area contributed by atoms with Gasteiger partial charge in [0, 0.05) is 104 Å². The van der Waals surface area contributed by atoms with E-state index in [2.05, 4.69) is 44.1 Å². The molecule has 1 aliphatic heterocycles. The smallest absolute Gasteiger partial charge is 0.410 e. The highest BCUT2D eigenvalue weighted by Crippen LogP contribution is 2.31. The molecule has 1 N–H and O–H groups in total. The van der Waals surface area contributed by atoms with Gasteiger partial charge in [-0.15, -0.1) is 0 Å². The van der Waals surface area contributed by atoms with E-state index in [1.807, 2.05) is 45.3 Å². The van der Waals surface area contributed by atoms with Crippen LogP contribution in [0.5, 0.6) is 5.88 Å². The molecule has 2 aliphatic rings. The first kappa shape index (κ1) is 27.5. The Morgan fingerprint density at radius 3 is 2.51 bits per heavy atom. The lowest BCUT2D eigenvalue weighted by Crippen LogP contribution is -2.50. The summed E-state index contributed by atoms with van der Waals surface area (Å²) in [5.41, 5.74) is 3.89. The lowest BCUT2D eigenvalue weighted by Gasteiger charge is -2.36. The normalized spacial score (nSPS) is 19.8. The van der Waals surface area contributed by atoms with E-state index in [-0.39, 0.29) is 18.3 Å². The minimum Gasteiger partial charge on any atom is -0.474 e. The number of amides is 1. The van der Waals surface area contributed by atoms with Crippen LogP contribution >= 0.6 is 0 Å². The second-order valence-electron chi connectivity index (χ2n) is 12.1. The zero-order chi connectivity index (χ0) is 28.4. The number of ether oxygens (including phenoxy) is 3. The maximum Gasteiger partial charge on any atom is 0.410 e. The Bertz CT molecular complexity index is 1480. The van der Waals surface area contributed by atoms with Crippen molar-refractivity contribution in [1.29, 1.82) is 0 Å². The van der Waals surface area contributed by atoms with Crippen LogP contribution in [0.1, 0.15) is 40.0 Å². The Hall–Kier alpha value is -3.69. The minimum atomic E-state index is -0.452. The Kier molecular flexibility index (Phi) is 7.81. The molecule has 1 amide bonds. The SMILES string of the molecule is CC(C)(C)OC(=O)N1CCN(CCCO[C@H]2C[C@H](Oc3ccc(-c4ccc5c(c4)[nH]c4ccncc45)cn3)C2)CC1. The molecule has 1 aromatic carbocycles. The van der Waals surface area contributed by atoms with Crippen LogP contribution < -0.4 is 4.74 Å². The van der Waals surface area contributed by atoms with Crippen molar-refractivity contribution in [2.45, 2.75) is 57.8 Å². The molecule has 1 saturated carbocycles. The predicted octanol–water partition coefficient (Wildman–Crippen LogP) is 5.65. The van der Waals surface area contributed by atoms with Gasteiger partial charge < -0.3 is 24.1 Å². The number of aromatic amines is 1. The van der Waals surface area contributed by atoms with Gasteiger partial charge in [-0.1, -0.05) is 12.1 Å². The number of H-pyrrole nitrogens is 1. The molecular weight excluding hydrogens is 518 g/mol. The van der Waals surface area contributed by atoms with E-state index in [0.717, 1.165) is 73.1 Å². The number of nitrogens with zero attached hydrogens (tertiary/aromatic N) is 4. The second-order valence-corrected chi connectivity index (χ2v) is 12.1. The molecule has 216 valence electrons. The van der Waals surface area contributed by atoms with Gasteiger partial charge in [0.2, 0.25) is 5.88 Å². The summed E-state index contributed by atoms with van der Waals surface area (Å²) >= 11 is 0. The summed E-state index contributed by atoms with van der Waals surface area (Å²) in [7, 11) is 0. The fraction of sp³-hybridized carbons (Fsp3) is 0.469. The van der Waals surface area contributed by atoms with E-state index < -0.39 is 5.60 Å². The molecule has 4 aromatic rings. The van der Waals surface area contributed by atoms with Crippen molar-refractivity contribution < 1.29 is 19.0 Å². The largest absolute Gasteiger partial charge is 0.474 e. The highest BCUT2D eigenvalue weighted by atomic mass is 16.6. The van der Waals surface area contributed by atoms with Crippen LogP contribution in [0, 0.1) is 0 Å². The van der Waals surface area contributed by atoms with Crippen molar-refractivity contribution in [3.05, 3.63) is 55.0 Å². The first-order valence-electron chi connectivity index (χ1n) is 14.6. The van der Waals surface area contributed by atoms with Crippen LogP contribution in [0.15, 0.2) is 55.0 Å². The average molecular weight is 558 g/mol. The molecule has 0 unspecified atom stereocenters. The van der Waals surface area contributed by atoms with Crippen molar-refractivity contribution in [2.24, 2.45) is 0 Å². The number of carbonyl (C=O) groups is 1. The number of fused-ring (bicyclic) bond motifs is 3. The molecule has 3 aromatic heterocycles. The van der Waals surface area contributed by atoms with E-state index in [1.165, 1.54) is 5.39 Å². The second kappa shape index (κ2) is 11.7. The average Bonchev–Trinajstić information content (AvgIpc) is 3.31. The van der Waals surface area contributed by atoms with Gasteiger partial charge in [0.25, 0.3) is 0 Å². The van der Waals surface area contributed by atoms with Crippen LogP contribution in [0.2, 0.25) is 0 Å². The van der Waals surface area contributed by atoms with Gasteiger partial charge in [-0.05, 0) is 51.0 Å². The van der Waals surface area contributed by atoms with Crippen molar-refractivity contribution in [3.8, 4) is 17.0 Å². The predicted molar refractivity (Wildman–Crippen MR) is 159 cm³/mol. The Morgan fingerprint density at radius 2 is 1.76 bits per heavy atom. The standard InChI is InChI=1S/C32H39N5O4/c1-32(2,3)41-31(38)37-14-12-36(13-15-37)11-4-16-39-24-18-25(19-24)40-30-8-6-23(20-34-30)22-5-7-26-27-21-33-10-9-28(27)35-29(26)17-22/h5-10,17,20-21,24-25,35H,4,11-16,18-19H2,1-3H3/t24-,25-. The van der Waals surface area contributed by atoms with Gasteiger partial charge in [-0.25, -0.2) is 9.78 Å². The van der Waals surface area contributed by atoms with Crippen LogP contribution in [-0.4, -0.2) is 88.0 Å². The van der Waals surface area contributed by atoms with Crippen molar-refractivity contribution >= 4 is 27.9 Å². The number of nitrogens with one attached hydrogen (secondary N) is 1. The number of carbonyl (C=O) groups excluding carboxylic acids is 1. The third-order valence-electron chi connectivity index (χ3n) is 7.81. The van der Waals surface area contributed by atoms with Gasteiger partial charge in [0.1, 0.15) is 11.7 Å². The molecule has 9 heteroatoms. The monoisotopic (exact) mass is 557 g/mol. The Balaban J connectivity index is 0.888. The number of piperazine rings is 1. The first-order chi connectivity index (χ1) is 19.8. The fourth-order valence-corrected chi connectivity index (χ4v) is 5.49. The molecular formula is C32H39N5O4. The third-order valence-corrected chi connectivity index (χ3v) is 7.81. The summed E-state index contributed by atoms with van der Waals surface area (Å²) < 4.78 is 17.6. The summed E-state index contributed by atoms with van der Waals surface area (Å²) in [6, 6.07) is 12.4. The summed E-state index contributed by atoms with van der Waals surface area (Å²) in [5, 5.41) is 2.30. The summed E-state index contributed by atoms with van der Waals surface area (Å²) in [6.07, 6.45) is 8.54. The molecule has 9 nitrogen and oxygen atoms in total. The molecule has 1 saturated heterocycles. The quantitative estimate of drug-likeness (QED) is 0.280. The number of hydrogen-bond acceptors (Lipinski definition) is 7. The van der Waals surface area contributed by atoms with E-state index in [1.54, 1.807) is 11.1 Å². The highest BCUT2D eigenvalue weighted by Gasteiger charge is 2.32. The van der Waals surface area contributed by atoms with E-state index in [0.29, 0.717) is 19.0 Å². The molecule has 41 heavy (non-hydrogen) atoms. The van der Waals surface area contributed by atoms with Crippen LogP contribution in [0.4, 0.5) is 4.79 Å². The minimum absolute atomic E-state index is 0.149. The van der Waals surface area contributed by atoms with Crippen molar-refractivity contribution in [1.82, 2.24) is 24.8 Å². The molecule has 4 heterocycles. The maximum absolute atomic E-state index is 12.2. The van der Waals surface area contributed by atoms with Gasteiger partial charge in [-0.2, -0.15) is 0 Å². The fourth-order valence-electron chi connectivity index (χ4n) is 5.49. The molecule has 2 fully saturated rings. The van der Waals surface area contributed by atoms with Gasteiger partial charge in [0.15, 0.2) is 0 Å². The molecule has 0 spiro atoms. The van der Waals surface area contributed by atoms with Crippen LogP contribution in [0.3, 0.4) is 0 Å². The van der Waals surface area contributed by atoms with Crippen molar-refractivity contribution in [3.63, 3.8) is 0 Å². The number of pyridine rings is 2. The Morgan fingerprint density at radius 1 is 0.951 bits per heavy atom. The van der Waals surface area contributed by atoms with E-state index in [4.69, 9.17) is 14.2 Å². The van der Waals surface area contributed by atoms with Gasteiger partial charge in [0.05, 0.1) is 6.10 Å². The highest BCUT2D eigenvalue weighted by molar-refractivity contribution is 6.07. The first-order valence-corrected chi connectivity index (χ1v) is 14.6. The van der Waals surface area contributed by atoms with E-state index in [9.17, 15) is 4.79 Å². The lowest BCUT2D eigenvalue weighted by atomic mass is 9.92. The lowest BCUT2D eigenvalue weighted by molar-refractivity contribution is -0.0640. The summed E-state index contributed by atoms with van der Waals surface area (Å²) in [5.74, 6) is 0.653. The van der Waals surface area contributed by atoms with Crippen LogP contribution in [0.25, 0.3) is 32.9 Å². The molecule has 0 bridgehead atoms. The van der Waals surface area contributed by atoms with Gasteiger partial charge in [-0.3, -0.25) is 9.88 Å². The zero-order valence-corrected chi connectivity index (χ0v) is 24.1.